The fourth-order valence-corrected chi connectivity index (χ4v) is 1.50. The molecule has 0 saturated heterocycles. The summed E-state index contributed by atoms with van der Waals surface area (Å²) in [6.45, 7) is 10.7. The Labute approximate surface area is 147 Å². The molecule has 0 radical (unpaired) electrons. The van der Waals surface area contributed by atoms with E-state index in [-0.39, 0.29) is 34.3 Å². The van der Waals surface area contributed by atoms with Crippen LogP contribution in [0.2, 0.25) is 0 Å². The summed E-state index contributed by atoms with van der Waals surface area (Å²) in [5.74, 6) is 0. The predicted octanol–water partition coefficient (Wildman–Crippen LogP) is 1.48. The van der Waals surface area contributed by atoms with Gasteiger partial charge < -0.3 is 28.4 Å². The molecule has 6 atom stereocenters. The van der Waals surface area contributed by atoms with Gasteiger partial charge in [0.05, 0.1) is 0 Å². The summed E-state index contributed by atoms with van der Waals surface area (Å²) in [6, 6.07) is 0. The van der Waals surface area contributed by atoms with Crippen molar-refractivity contribution < 1.29 is 28.4 Å². The van der Waals surface area contributed by atoms with Gasteiger partial charge in [0.1, 0.15) is 0 Å². The van der Waals surface area contributed by atoms with Crippen LogP contribution < -0.4 is 14.7 Å². The molecule has 0 spiro atoms. The van der Waals surface area contributed by atoms with Gasteiger partial charge in [-0.1, -0.05) is 41.5 Å². The molecule has 22 heavy (non-hydrogen) atoms. The SMILES string of the molecule is CCC(C)[PH](=O)[O-].CCC(C)[PH](=O)[O-].CCC(C)[PH](=O)[O-].[Al+3]. The van der Waals surface area contributed by atoms with Gasteiger partial charge in [-0.2, -0.15) is 0 Å². The molecule has 0 aromatic rings. The second-order valence-electron chi connectivity index (χ2n) is 4.88. The molecule has 0 N–H and O–H groups in total. The van der Waals surface area contributed by atoms with Crippen LogP contribution in [-0.4, -0.2) is 34.3 Å². The topological polar surface area (TPSA) is 120 Å². The second kappa shape index (κ2) is 20.1. The fraction of sp³-hybridized carbons (Fsp3) is 1.00. The van der Waals surface area contributed by atoms with Crippen LogP contribution in [0.25, 0.3) is 0 Å². The zero-order chi connectivity index (χ0) is 17.6. The Morgan fingerprint density at radius 1 is 0.636 bits per heavy atom. The first-order valence-electron chi connectivity index (χ1n) is 7.17. The van der Waals surface area contributed by atoms with Gasteiger partial charge in [0.2, 0.25) is 0 Å². The van der Waals surface area contributed by atoms with Gasteiger partial charge in [-0.25, -0.2) is 0 Å². The van der Waals surface area contributed by atoms with Crippen LogP contribution in [0.4, 0.5) is 0 Å². The molecule has 0 rings (SSSR count). The van der Waals surface area contributed by atoms with Crippen molar-refractivity contribution in [2.24, 2.45) is 0 Å². The molecule has 0 heterocycles. The molecule has 0 bridgehead atoms. The van der Waals surface area contributed by atoms with Crippen molar-refractivity contribution in [3.8, 4) is 0 Å². The minimum atomic E-state index is -2.46. The van der Waals surface area contributed by atoms with Crippen molar-refractivity contribution in [1.82, 2.24) is 0 Å². The van der Waals surface area contributed by atoms with E-state index in [2.05, 4.69) is 0 Å². The smallest absolute Gasteiger partial charge is 0.801 e. The molecule has 0 aliphatic rings. The second-order valence-corrected chi connectivity index (χ2v) is 9.76. The largest absolute Gasteiger partial charge is 3.00 e. The van der Waals surface area contributed by atoms with E-state index in [1.807, 2.05) is 20.8 Å². The molecule has 0 saturated carbocycles. The van der Waals surface area contributed by atoms with Gasteiger partial charge in [-0.3, -0.25) is 0 Å². The van der Waals surface area contributed by atoms with Crippen LogP contribution >= 0.6 is 24.1 Å². The van der Waals surface area contributed by atoms with Crippen LogP contribution in [0, 0.1) is 0 Å². The van der Waals surface area contributed by atoms with Crippen molar-refractivity contribution in [1.29, 1.82) is 0 Å². The fourth-order valence-electron chi connectivity index (χ4n) is 0.500. The Morgan fingerprint density at radius 2 is 0.773 bits per heavy atom. The van der Waals surface area contributed by atoms with Crippen molar-refractivity contribution in [2.75, 3.05) is 0 Å². The molecule has 0 amide bonds. The molecule has 0 aliphatic carbocycles. The third-order valence-corrected chi connectivity index (χ3v) is 6.68. The zero-order valence-corrected chi connectivity index (χ0v) is 18.5. The predicted molar refractivity (Wildman–Crippen MR) is 92.0 cm³/mol. The zero-order valence-electron chi connectivity index (χ0n) is 14.4. The van der Waals surface area contributed by atoms with Crippen molar-refractivity contribution in [2.45, 2.75) is 77.8 Å². The van der Waals surface area contributed by atoms with Crippen molar-refractivity contribution in [3.05, 3.63) is 0 Å². The minimum absolute atomic E-state index is 0. The summed E-state index contributed by atoms with van der Waals surface area (Å²) < 4.78 is 30.0. The standard InChI is InChI=1S/3C4H11O2P.Al/c3*1-3-4(2)7(5)6;/h3*4,7H,3H2,1-2H3,(H,5,6);/q;;;+3/p-3. The molecule has 0 aliphatic heterocycles. The van der Waals surface area contributed by atoms with E-state index in [9.17, 15) is 28.4 Å². The normalized spacial score (nSPS) is 17.9. The molecular weight excluding hydrogens is 360 g/mol. The van der Waals surface area contributed by atoms with E-state index in [4.69, 9.17) is 0 Å². The maximum Gasteiger partial charge on any atom is 3.00 e. The van der Waals surface area contributed by atoms with Crippen LogP contribution in [-0.2, 0) is 13.7 Å². The molecule has 6 unspecified atom stereocenters. The van der Waals surface area contributed by atoms with Gasteiger partial charge >= 0.3 is 17.4 Å². The van der Waals surface area contributed by atoms with E-state index in [1.165, 1.54) is 0 Å². The molecular formula is C12H30AlO6P3. The maximum atomic E-state index is 10.0. The Kier molecular flexibility index (Phi) is 28.3. The molecule has 6 nitrogen and oxygen atoms in total. The van der Waals surface area contributed by atoms with E-state index >= 15 is 0 Å². The third-order valence-electron chi connectivity index (χ3n) is 3.04. The molecule has 0 aromatic heterocycles. The first-order valence-corrected chi connectivity index (χ1v) is 11.4. The first-order chi connectivity index (χ1) is 9.54. The van der Waals surface area contributed by atoms with E-state index in [0.717, 1.165) is 19.3 Å². The number of hydrogen-bond donors (Lipinski definition) is 0. The quantitative estimate of drug-likeness (QED) is 0.500. The van der Waals surface area contributed by atoms with E-state index in [0.29, 0.717) is 0 Å². The van der Waals surface area contributed by atoms with Crippen LogP contribution in [0.1, 0.15) is 60.8 Å². The van der Waals surface area contributed by atoms with Crippen molar-refractivity contribution >= 4 is 41.4 Å². The molecule has 132 valence electrons. The Bertz CT molecular complexity index is 270. The third kappa shape index (κ3) is 23.4. The molecule has 0 fully saturated rings. The Morgan fingerprint density at radius 3 is 0.773 bits per heavy atom. The molecule has 10 heteroatoms. The summed E-state index contributed by atoms with van der Waals surface area (Å²) in [5, 5.41) is 0. The summed E-state index contributed by atoms with van der Waals surface area (Å²) in [6.07, 6.45) is 2.21. The Hall–Kier alpha value is 1.10. The maximum absolute atomic E-state index is 10.0. The van der Waals surface area contributed by atoms with E-state index in [1.54, 1.807) is 20.8 Å². The number of rotatable bonds is 6. The van der Waals surface area contributed by atoms with Crippen molar-refractivity contribution in [3.63, 3.8) is 0 Å². The number of hydrogen-bond acceptors (Lipinski definition) is 6. The molecule has 0 aromatic carbocycles. The van der Waals surface area contributed by atoms with Gasteiger partial charge in [0, 0.05) is 24.1 Å². The van der Waals surface area contributed by atoms with Crippen LogP contribution in [0.3, 0.4) is 0 Å². The summed E-state index contributed by atoms with van der Waals surface area (Å²) in [5.41, 5.74) is -0.319. The summed E-state index contributed by atoms with van der Waals surface area (Å²) >= 11 is 0. The van der Waals surface area contributed by atoms with Gasteiger partial charge in [0.25, 0.3) is 0 Å². The van der Waals surface area contributed by atoms with Gasteiger partial charge in [-0.05, 0) is 36.2 Å². The summed E-state index contributed by atoms with van der Waals surface area (Å²) in [4.78, 5) is 30.0. The van der Waals surface area contributed by atoms with Gasteiger partial charge in [-0.15, -0.1) is 0 Å². The first kappa shape index (κ1) is 30.9. The van der Waals surface area contributed by atoms with Crippen LogP contribution in [0.15, 0.2) is 0 Å². The van der Waals surface area contributed by atoms with Crippen LogP contribution in [0.5, 0.6) is 0 Å². The monoisotopic (exact) mass is 390 g/mol. The average molecular weight is 390 g/mol. The Balaban J connectivity index is -0.000000108. The summed E-state index contributed by atoms with van der Waals surface area (Å²) in [7, 11) is -7.39. The minimum Gasteiger partial charge on any atom is -0.801 e. The van der Waals surface area contributed by atoms with E-state index < -0.39 is 24.1 Å². The average Bonchev–Trinajstić information content (AvgIpc) is 2.45. The van der Waals surface area contributed by atoms with Gasteiger partial charge in [0.15, 0.2) is 0 Å².